The number of rotatable bonds is 29. The van der Waals surface area contributed by atoms with Crippen LogP contribution in [0.1, 0.15) is 168 Å². The first-order valence-corrected chi connectivity index (χ1v) is 17.3. The van der Waals surface area contributed by atoms with Gasteiger partial charge in [-0.2, -0.15) is 0 Å². The van der Waals surface area contributed by atoms with Crippen molar-refractivity contribution in [2.45, 2.75) is 172 Å². The van der Waals surface area contributed by atoms with Crippen LogP contribution >= 0.6 is 23.5 Å². The third kappa shape index (κ3) is 24.2. The smallest absolute Gasteiger partial charge is 0.357 e. The first-order chi connectivity index (χ1) is 17.1. The van der Waals surface area contributed by atoms with Gasteiger partial charge in [-0.25, -0.2) is 4.79 Å². The molecule has 0 saturated heterocycles. The van der Waals surface area contributed by atoms with Crippen LogP contribution in [0.15, 0.2) is 0 Å². The first-order valence-electron chi connectivity index (χ1n) is 15.3. The molecule has 2 N–H and O–H groups in total. The first kappa shape index (κ1) is 35.1. The van der Waals surface area contributed by atoms with Crippen molar-refractivity contribution in [2.75, 3.05) is 11.5 Å². The zero-order valence-corrected chi connectivity index (χ0v) is 25.1. The molecule has 0 atom stereocenters. The number of aliphatic hydroxyl groups is 1. The highest BCUT2D eigenvalue weighted by atomic mass is 32.2. The lowest BCUT2D eigenvalue weighted by atomic mass is 10.1. The topological polar surface area (TPSA) is 57.5 Å². The molecule has 0 saturated carbocycles. The maximum absolute atomic E-state index is 11.6. The molecule has 0 unspecified atom stereocenters. The summed E-state index contributed by atoms with van der Waals surface area (Å²) in [5.74, 6) is 0.363. The van der Waals surface area contributed by atoms with Gasteiger partial charge in [-0.1, -0.05) is 155 Å². The summed E-state index contributed by atoms with van der Waals surface area (Å²) in [6.07, 6.45) is 31.2. The number of carboxylic acids is 1. The van der Waals surface area contributed by atoms with Crippen LogP contribution in [0.2, 0.25) is 0 Å². The van der Waals surface area contributed by atoms with Crippen molar-refractivity contribution < 1.29 is 15.0 Å². The van der Waals surface area contributed by atoms with Gasteiger partial charge in [0.25, 0.3) is 4.27 Å². The molecular weight excluding hydrogens is 472 g/mol. The zero-order chi connectivity index (χ0) is 25.9. The monoisotopic (exact) mass is 532 g/mol. The van der Waals surface area contributed by atoms with Gasteiger partial charge in [0.05, 0.1) is 0 Å². The van der Waals surface area contributed by atoms with Crippen molar-refractivity contribution in [2.24, 2.45) is 0 Å². The quantitative estimate of drug-likeness (QED) is 0.0741. The Hall–Kier alpha value is 0.130. The van der Waals surface area contributed by atoms with Crippen molar-refractivity contribution in [1.82, 2.24) is 0 Å². The maximum Gasteiger partial charge on any atom is 0.357 e. The molecular formula is C30H60O3S2. The standard InChI is InChI=1S/C30H60O3S2/c1-3-5-7-9-11-13-15-17-19-21-23-25-27-34-30(33,29(31)32)35-28-26-24-22-20-18-16-14-12-10-8-6-4-2/h33H,3-28H2,1-2H3,(H,31,32). The Bertz CT molecular complexity index is 415. The molecule has 210 valence electrons. The number of aliphatic carboxylic acids is 1. The molecule has 0 spiro atoms. The Morgan fingerprint density at radius 2 is 0.714 bits per heavy atom. The van der Waals surface area contributed by atoms with Gasteiger partial charge in [0.1, 0.15) is 0 Å². The van der Waals surface area contributed by atoms with E-state index in [9.17, 15) is 15.0 Å². The molecule has 0 radical (unpaired) electrons. The Kier molecular flexibility index (Phi) is 27.3. The fourth-order valence-corrected chi connectivity index (χ4v) is 6.80. The van der Waals surface area contributed by atoms with Crippen LogP contribution in [-0.4, -0.2) is 32.0 Å². The summed E-state index contributed by atoms with van der Waals surface area (Å²) in [5, 5.41) is 20.1. The van der Waals surface area contributed by atoms with Crippen LogP contribution in [0.3, 0.4) is 0 Å². The van der Waals surface area contributed by atoms with Crippen LogP contribution in [0.25, 0.3) is 0 Å². The summed E-state index contributed by atoms with van der Waals surface area (Å²) in [4.78, 5) is 11.6. The van der Waals surface area contributed by atoms with Crippen molar-refractivity contribution >= 4 is 29.5 Å². The molecule has 5 heteroatoms. The minimum absolute atomic E-state index is 0.728. The van der Waals surface area contributed by atoms with Crippen LogP contribution in [0.5, 0.6) is 0 Å². The average Bonchev–Trinajstić information content (AvgIpc) is 2.84. The van der Waals surface area contributed by atoms with Crippen LogP contribution in [-0.2, 0) is 4.79 Å². The third-order valence-electron chi connectivity index (χ3n) is 6.86. The second kappa shape index (κ2) is 27.2. The second-order valence-corrected chi connectivity index (χ2v) is 13.2. The molecule has 0 aromatic rings. The fourth-order valence-electron chi connectivity index (χ4n) is 4.47. The molecule has 0 aliphatic rings. The van der Waals surface area contributed by atoms with Gasteiger partial charge in [0.15, 0.2) is 0 Å². The summed E-state index contributed by atoms with van der Waals surface area (Å²) >= 11 is 2.43. The van der Waals surface area contributed by atoms with Crippen LogP contribution in [0.4, 0.5) is 0 Å². The number of hydrogen-bond donors (Lipinski definition) is 2. The van der Waals surface area contributed by atoms with Crippen molar-refractivity contribution in [1.29, 1.82) is 0 Å². The number of carboxylic acid groups (broad SMARTS) is 1. The summed E-state index contributed by atoms with van der Waals surface area (Å²) in [7, 11) is 0. The number of unbranched alkanes of at least 4 members (excludes halogenated alkanes) is 22. The Labute approximate surface area is 227 Å². The van der Waals surface area contributed by atoms with Crippen LogP contribution in [0, 0.1) is 0 Å². The van der Waals surface area contributed by atoms with E-state index in [0.717, 1.165) is 37.2 Å². The maximum atomic E-state index is 11.6. The molecule has 0 aromatic carbocycles. The minimum atomic E-state index is -1.67. The van der Waals surface area contributed by atoms with E-state index in [1.807, 2.05) is 0 Å². The van der Waals surface area contributed by atoms with E-state index < -0.39 is 10.2 Å². The average molecular weight is 533 g/mol. The molecule has 0 aliphatic heterocycles. The van der Waals surface area contributed by atoms with Gasteiger partial charge < -0.3 is 10.2 Å². The van der Waals surface area contributed by atoms with E-state index >= 15 is 0 Å². The molecule has 0 rings (SSSR count). The van der Waals surface area contributed by atoms with Gasteiger partial charge in [0.2, 0.25) is 0 Å². The SMILES string of the molecule is CCCCCCCCCCCCCCSC(O)(SCCCCCCCCCCCCCC)C(=O)O. The lowest BCUT2D eigenvalue weighted by Gasteiger charge is -2.22. The summed E-state index contributed by atoms with van der Waals surface area (Å²) < 4.78 is -1.67. The number of hydrogen-bond acceptors (Lipinski definition) is 4. The molecule has 0 aromatic heterocycles. The molecule has 35 heavy (non-hydrogen) atoms. The van der Waals surface area contributed by atoms with E-state index in [1.165, 1.54) is 152 Å². The van der Waals surface area contributed by atoms with Gasteiger partial charge in [-0.3, -0.25) is 0 Å². The van der Waals surface area contributed by atoms with Gasteiger partial charge in [0, 0.05) is 0 Å². The Balaban J connectivity index is 3.57. The highest BCUT2D eigenvalue weighted by molar-refractivity contribution is 8.19. The largest absolute Gasteiger partial charge is 0.478 e. The Morgan fingerprint density at radius 1 is 0.486 bits per heavy atom. The zero-order valence-electron chi connectivity index (χ0n) is 23.5. The lowest BCUT2D eigenvalue weighted by Crippen LogP contribution is -2.31. The van der Waals surface area contributed by atoms with Crippen molar-refractivity contribution in [3.8, 4) is 0 Å². The molecule has 0 heterocycles. The summed E-state index contributed by atoms with van der Waals surface area (Å²) in [5.41, 5.74) is 0. The molecule has 3 nitrogen and oxygen atoms in total. The van der Waals surface area contributed by atoms with Gasteiger partial charge >= 0.3 is 5.97 Å². The van der Waals surface area contributed by atoms with E-state index in [0.29, 0.717) is 0 Å². The van der Waals surface area contributed by atoms with E-state index in [-0.39, 0.29) is 0 Å². The summed E-state index contributed by atoms with van der Waals surface area (Å²) in [6, 6.07) is 0. The second-order valence-electron chi connectivity index (χ2n) is 10.4. The van der Waals surface area contributed by atoms with E-state index in [2.05, 4.69) is 13.8 Å². The highest BCUT2D eigenvalue weighted by Gasteiger charge is 2.36. The minimum Gasteiger partial charge on any atom is -0.478 e. The van der Waals surface area contributed by atoms with E-state index in [1.54, 1.807) is 0 Å². The highest BCUT2D eigenvalue weighted by Crippen LogP contribution is 2.36. The molecule has 0 bridgehead atoms. The third-order valence-corrected chi connectivity index (χ3v) is 9.69. The van der Waals surface area contributed by atoms with Crippen molar-refractivity contribution in [3.63, 3.8) is 0 Å². The molecule has 0 amide bonds. The van der Waals surface area contributed by atoms with Gasteiger partial charge in [-0.15, -0.1) is 23.5 Å². The molecule has 0 fully saturated rings. The van der Waals surface area contributed by atoms with Gasteiger partial charge in [-0.05, 0) is 24.3 Å². The number of thioether (sulfide) groups is 2. The lowest BCUT2D eigenvalue weighted by molar-refractivity contribution is -0.143. The Morgan fingerprint density at radius 3 is 0.943 bits per heavy atom. The summed E-state index contributed by atoms with van der Waals surface area (Å²) in [6.45, 7) is 4.53. The number of carbonyl (C=O) groups is 1. The molecule has 0 aliphatic carbocycles. The normalized spacial score (nSPS) is 11.9. The predicted octanol–water partition coefficient (Wildman–Crippen LogP) is 10.6. The van der Waals surface area contributed by atoms with Crippen LogP contribution < -0.4 is 0 Å². The fraction of sp³-hybridized carbons (Fsp3) is 0.967. The van der Waals surface area contributed by atoms with E-state index in [4.69, 9.17) is 0 Å². The van der Waals surface area contributed by atoms with Crippen molar-refractivity contribution in [3.05, 3.63) is 0 Å². The predicted molar refractivity (Wildman–Crippen MR) is 160 cm³/mol.